The van der Waals surface area contributed by atoms with Gasteiger partial charge in [-0.3, -0.25) is 9.59 Å². The maximum Gasteiger partial charge on any atom is 0.231 e. The van der Waals surface area contributed by atoms with Gasteiger partial charge in [-0.1, -0.05) is 20.8 Å². The molecule has 2 aromatic rings. The number of piperidine rings is 1. The summed E-state index contributed by atoms with van der Waals surface area (Å²) in [6.07, 6.45) is 1.63. The van der Waals surface area contributed by atoms with Gasteiger partial charge in [0.1, 0.15) is 5.75 Å². The van der Waals surface area contributed by atoms with Crippen LogP contribution in [-0.2, 0) is 9.59 Å². The van der Waals surface area contributed by atoms with Crippen molar-refractivity contribution in [3.05, 3.63) is 29.1 Å². The number of ether oxygens (including phenoxy) is 1. The molecular formula is C22H29N3O3S. The lowest BCUT2D eigenvalue weighted by molar-refractivity contribution is -0.142. The predicted molar refractivity (Wildman–Crippen MR) is 116 cm³/mol. The van der Waals surface area contributed by atoms with E-state index in [0.29, 0.717) is 11.7 Å². The number of likely N-dealkylation sites (tertiary alicyclic amines) is 1. The number of carbonyl (C=O) groups is 2. The summed E-state index contributed by atoms with van der Waals surface area (Å²) in [5, 5.41) is 3.56. The van der Waals surface area contributed by atoms with Gasteiger partial charge in [-0.15, -0.1) is 11.3 Å². The molecule has 1 N–H and O–H groups in total. The van der Waals surface area contributed by atoms with Gasteiger partial charge in [-0.2, -0.15) is 0 Å². The number of carbonyl (C=O) groups excluding carboxylic acids is 2. The number of hydrogen-bond acceptors (Lipinski definition) is 5. The van der Waals surface area contributed by atoms with E-state index in [0.717, 1.165) is 41.3 Å². The number of nitrogens with one attached hydrogen (secondary N) is 1. The Morgan fingerprint density at radius 3 is 2.55 bits per heavy atom. The summed E-state index contributed by atoms with van der Waals surface area (Å²) in [7, 11) is 1.64. The maximum absolute atomic E-state index is 12.8. The number of thiazole rings is 1. The summed E-state index contributed by atoms with van der Waals surface area (Å²) in [6.45, 7) is 8.93. The molecule has 29 heavy (non-hydrogen) atoms. The van der Waals surface area contributed by atoms with E-state index in [1.807, 2.05) is 56.9 Å². The fraction of sp³-hybridized carbons (Fsp3) is 0.500. The first-order valence-corrected chi connectivity index (χ1v) is 10.7. The maximum atomic E-state index is 12.8. The number of rotatable bonds is 4. The molecule has 1 aliphatic rings. The fourth-order valence-electron chi connectivity index (χ4n) is 3.52. The van der Waals surface area contributed by atoms with Gasteiger partial charge in [0, 0.05) is 28.9 Å². The van der Waals surface area contributed by atoms with Gasteiger partial charge in [0.05, 0.1) is 18.7 Å². The van der Waals surface area contributed by atoms with E-state index in [-0.39, 0.29) is 17.7 Å². The van der Waals surface area contributed by atoms with Crippen molar-refractivity contribution in [2.24, 2.45) is 11.3 Å². The van der Waals surface area contributed by atoms with Crippen molar-refractivity contribution in [2.75, 3.05) is 25.5 Å². The van der Waals surface area contributed by atoms with Gasteiger partial charge in [-0.25, -0.2) is 4.98 Å². The third kappa shape index (κ3) is 4.96. The molecule has 7 heteroatoms. The van der Waals surface area contributed by atoms with Crippen molar-refractivity contribution in [2.45, 2.75) is 40.5 Å². The molecule has 156 valence electrons. The molecule has 6 nitrogen and oxygen atoms in total. The van der Waals surface area contributed by atoms with Gasteiger partial charge in [0.2, 0.25) is 11.8 Å². The number of aromatic nitrogens is 1. The molecular weight excluding hydrogens is 386 g/mol. The number of benzene rings is 1. The van der Waals surface area contributed by atoms with E-state index in [1.54, 1.807) is 7.11 Å². The molecule has 1 atom stereocenters. The van der Waals surface area contributed by atoms with Crippen LogP contribution in [-0.4, -0.2) is 41.9 Å². The van der Waals surface area contributed by atoms with Gasteiger partial charge in [0.15, 0.2) is 5.13 Å². The van der Waals surface area contributed by atoms with Crippen LogP contribution in [0.15, 0.2) is 24.3 Å². The SMILES string of the molecule is COc1ccc(-c2nc(NC(=O)C3CCCN(C(=O)C(C)(C)C)C3)sc2C)cc1. The second-order valence-electron chi connectivity index (χ2n) is 8.48. The Labute approximate surface area is 176 Å². The van der Waals surface area contributed by atoms with Crippen LogP contribution in [0, 0.1) is 18.3 Å². The van der Waals surface area contributed by atoms with Crippen molar-refractivity contribution < 1.29 is 14.3 Å². The summed E-state index contributed by atoms with van der Waals surface area (Å²) in [6, 6.07) is 7.72. The number of anilines is 1. The standard InChI is InChI=1S/C22H29N3O3S/c1-14-18(15-8-10-17(28-5)11-9-15)23-21(29-14)24-19(26)16-7-6-12-25(13-16)20(27)22(2,3)4/h8-11,16H,6-7,12-13H2,1-5H3,(H,23,24,26). The highest BCUT2D eigenvalue weighted by molar-refractivity contribution is 7.16. The van der Waals surface area contributed by atoms with E-state index in [4.69, 9.17) is 4.74 Å². The Balaban J connectivity index is 1.68. The van der Waals surface area contributed by atoms with Gasteiger partial charge < -0.3 is 15.0 Å². The smallest absolute Gasteiger partial charge is 0.231 e. The first kappa shape index (κ1) is 21.3. The normalized spacial score (nSPS) is 17.1. The van der Waals surface area contributed by atoms with Crippen molar-refractivity contribution >= 4 is 28.3 Å². The topological polar surface area (TPSA) is 71.5 Å². The lowest BCUT2D eigenvalue weighted by Crippen LogP contribution is -2.47. The molecule has 0 spiro atoms. The zero-order valence-corrected chi connectivity index (χ0v) is 18.6. The van der Waals surface area contributed by atoms with Crippen molar-refractivity contribution in [3.8, 4) is 17.0 Å². The first-order valence-electron chi connectivity index (χ1n) is 9.91. The van der Waals surface area contributed by atoms with Crippen LogP contribution in [0.25, 0.3) is 11.3 Å². The van der Waals surface area contributed by atoms with E-state index < -0.39 is 5.41 Å². The van der Waals surface area contributed by atoms with E-state index >= 15 is 0 Å². The third-order valence-corrected chi connectivity index (χ3v) is 6.00. The second kappa shape index (κ2) is 8.53. The molecule has 2 amide bonds. The summed E-state index contributed by atoms with van der Waals surface area (Å²) in [5.74, 6) is 0.624. The molecule has 1 saturated heterocycles. The number of nitrogens with zero attached hydrogens (tertiary/aromatic N) is 2. The molecule has 1 fully saturated rings. The van der Waals surface area contributed by atoms with Gasteiger partial charge >= 0.3 is 0 Å². The zero-order valence-electron chi connectivity index (χ0n) is 17.7. The van der Waals surface area contributed by atoms with E-state index in [2.05, 4.69) is 10.3 Å². The molecule has 1 aromatic heterocycles. The summed E-state index contributed by atoms with van der Waals surface area (Å²) >= 11 is 1.47. The van der Waals surface area contributed by atoms with Crippen LogP contribution in [0.4, 0.5) is 5.13 Å². The molecule has 0 radical (unpaired) electrons. The molecule has 3 rings (SSSR count). The molecule has 1 aliphatic heterocycles. The van der Waals surface area contributed by atoms with Gasteiger partial charge in [0.25, 0.3) is 0 Å². The lowest BCUT2D eigenvalue weighted by Gasteiger charge is -2.35. The number of aryl methyl sites for hydroxylation is 1. The number of methoxy groups -OCH3 is 1. The fourth-order valence-corrected chi connectivity index (χ4v) is 4.36. The van der Waals surface area contributed by atoms with Gasteiger partial charge in [-0.05, 0) is 44.0 Å². The Bertz CT molecular complexity index is 884. The monoisotopic (exact) mass is 415 g/mol. The molecule has 1 aromatic carbocycles. The minimum absolute atomic E-state index is 0.0635. The minimum Gasteiger partial charge on any atom is -0.497 e. The summed E-state index contributed by atoms with van der Waals surface area (Å²) < 4.78 is 5.20. The van der Waals surface area contributed by atoms with Crippen LogP contribution < -0.4 is 10.1 Å². The Hall–Kier alpha value is -2.41. The highest BCUT2D eigenvalue weighted by Gasteiger charge is 2.33. The van der Waals surface area contributed by atoms with Crippen LogP contribution in [0.1, 0.15) is 38.5 Å². The highest BCUT2D eigenvalue weighted by atomic mass is 32.1. The lowest BCUT2D eigenvalue weighted by atomic mass is 9.91. The van der Waals surface area contributed by atoms with Crippen LogP contribution in [0.2, 0.25) is 0 Å². The van der Waals surface area contributed by atoms with Crippen LogP contribution in [0.3, 0.4) is 0 Å². The minimum atomic E-state index is -0.432. The summed E-state index contributed by atoms with van der Waals surface area (Å²) in [4.78, 5) is 32.9. The van der Waals surface area contributed by atoms with Crippen LogP contribution >= 0.6 is 11.3 Å². The number of amides is 2. The molecule has 0 aliphatic carbocycles. The highest BCUT2D eigenvalue weighted by Crippen LogP contribution is 2.32. The quantitative estimate of drug-likeness (QED) is 0.806. The molecule has 0 bridgehead atoms. The van der Waals surface area contributed by atoms with Crippen molar-refractivity contribution in [3.63, 3.8) is 0 Å². The van der Waals surface area contributed by atoms with Crippen LogP contribution in [0.5, 0.6) is 5.75 Å². The second-order valence-corrected chi connectivity index (χ2v) is 9.69. The predicted octanol–water partition coefficient (Wildman–Crippen LogP) is 4.35. The number of hydrogen-bond donors (Lipinski definition) is 1. The van der Waals surface area contributed by atoms with E-state index in [9.17, 15) is 9.59 Å². The molecule has 1 unspecified atom stereocenters. The largest absolute Gasteiger partial charge is 0.497 e. The Morgan fingerprint density at radius 2 is 1.93 bits per heavy atom. The van der Waals surface area contributed by atoms with Crippen molar-refractivity contribution in [1.82, 2.24) is 9.88 Å². The Morgan fingerprint density at radius 1 is 1.24 bits per heavy atom. The van der Waals surface area contributed by atoms with Crippen molar-refractivity contribution in [1.29, 1.82) is 0 Å². The molecule has 0 saturated carbocycles. The Kier molecular flexibility index (Phi) is 6.27. The molecule has 2 heterocycles. The summed E-state index contributed by atoms with van der Waals surface area (Å²) in [5.41, 5.74) is 1.42. The van der Waals surface area contributed by atoms with E-state index in [1.165, 1.54) is 11.3 Å². The zero-order chi connectivity index (χ0) is 21.2. The third-order valence-electron chi connectivity index (χ3n) is 5.11. The average molecular weight is 416 g/mol. The average Bonchev–Trinajstić information content (AvgIpc) is 3.06. The first-order chi connectivity index (χ1) is 13.7.